The number of aryl methyl sites for hydroxylation is 1. The van der Waals surface area contributed by atoms with Crippen LogP contribution in [0.3, 0.4) is 0 Å². The molecule has 1 saturated carbocycles. The molecule has 1 aliphatic carbocycles. The molecule has 0 amide bonds. The summed E-state index contributed by atoms with van der Waals surface area (Å²) < 4.78 is 0. The van der Waals surface area contributed by atoms with E-state index in [0.717, 1.165) is 18.0 Å². The van der Waals surface area contributed by atoms with E-state index in [-0.39, 0.29) is 0 Å². The predicted molar refractivity (Wildman–Crippen MR) is 80.3 cm³/mol. The van der Waals surface area contributed by atoms with Crippen LogP contribution in [0.5, 0.6) is 0 Å². The first-order chi connectivity index (χ1) is 9.38. The zero-order valence-electron chi connectivity index (χ0n) is 11.6. The zero-order valence-corrected chi connectivity index (χ0v) is 11.6. The Labute approximate surface area is 115 Å². The molecule has 1 heteroatoms. The van der Waals surface area contributed by atoms with Crippen molar-refractivity contribution in [2.45, 2.75) is 44.9 Å². The van der Waals surface area contributed by atoms with Crippen molar-refractivity contribution in [1.29, 1.82) is 0 Å². The lowest BCUT2D eigenvalue weighted by Gasteiger charge is -2.15. The van der Waals surface area contributed by atoms with E-state index in [9.17, 15) is 0 Å². The number of aromatic nitrogens is 1. The Kier molecular flexibility index (Phi) is 3.63. The molecule has 2 aromatic rings. The Morgan fingerprint density at radius 3 is 2.53 bits per heavy atom. The van der Waals surface area contributed by atoms with E-state index in [4.69, 9.17) is 0 Å². The molecule has 0 atom stereocenters. The van der Waals surface area contributed by atoms with Crippen molar-refractivity contribution in [3.05, 3.63) is 53.7 Å². The van der Waals surface area contributed by atoms with Crippen molar-refractivity contribution in [2.24, 2.45) is 0 Å². The molecule has 0 radical (unpaired) electrons. The van der Waals surface area contributed by atoms with E-state index >= 15 is 0 Å². The quantitative estimate of drug-likeness (QED) is 0.750. The average molecular weight is 251 g/mol. The summed E-state index contributed by atoms with van der Waals surface area (Å²) >= 11 is 0. The van der Waals surface area contributed by atoms with Crippen molar-refractivity contribution in [3.8, 4) is 11.3 Å². The second-order valence-electron chi connectivity index (χ2n) is 5.47. The number of pyridine rings is 1. The molecule has 0 saturated heterocycles. The average Bonchev–Trinajstić information content (AvgIpc) is 3.01. The minimum Gasteiger partial charge on any atom is -0.256 e. The minimum atomic E-state index is 0.764. The molecule has 98 valence electrons. The third-order valence-corrected chi connectivity index (χ3v) is 4.27. The Hall–Kier alpha value is -1.63. The summed E-state index contributed by atoms with van der Waals surface area (Å²) in [5, 5.41) is 0. The summed E-state index contributed by atoms with van der Waals surface area (Å²) in [5.41, 5.74) is 5.34. The maximum Gasteiger partial charge on any atom is 0.0705 e. The lowest BCUT2D eigenvalue weighted by atomic mass is 9.91. The molecule has 0 aliphatic heterocycles. The van der Waals surface area contributed by atoms with Crippen molar-refractivity contribution >= 4 is 0 Å². The number of nitrogens with zero attached hydrogens (tertiary/aromatic N) is 1. The summed E-state index contributed by atoms with van der Waals surface area (Å²) in [6, 6.07) is 12.9. The summed E-state index contributed by atoms with van der Waals surface area (Å²) in [7, 11) is 0. The SMILES string of the molecule is CCc1cnc(-c2ccccc2)cc1C1CCCC1. The van der Waals surface area contributed by atoms with Crippen molar-refractivity contribution in [2.75, 3.05) is 0 Å². The van der Waals surface area contributed by atoms with Gasteiger partial charge in [-0.1, -0.05) is 50.1 Å². The van der Waals surface area contributed by atoms with E-state index in [1.54, 1.807) is 5.56 Å². The van der Waals surface area contributed by atoms with Crippen LogP contribution in [0.15, 0.2) is 42.6 Å². The van der Waals surface area contributed by atoms with Gasteiger partial charge in [0.1, 0.15) is 0 Å². The lowest BCUT2D eigenvalue weighted by Crippen LogP contribution is -2.00. The Bertz CT molecular complexity index is 539. The molecule has 1 aliphatic rings. The molecular weight excluding hydrogens is 230 g/mol. The zero-order chi connectivity index (χ0) is 13.1. The second-order valence-corrected chi connectivity index (χ2v) is 5.47. The number of hydrogen-bond acceptors (Lipinski definition) is 1. The Balaban J connectivity index is 2.01. The highest BCUT2D eigenvalue weighted by atomic mass is 14.7. The van der Waals surface area contributed by atoms with Crippen LogP contribution in [-0.4, -0.2) is 4.98 Å². The van der Waals surface area contributed by atoms with Gasteiger partial charge in [0.25, 0.3) is 0 Å². The fourth-order valence-corrected chi connectivity index (χ4v) is 3.18. The molecule has 1 aromatic carbocycles. The van der Waals surface area contributed by atoms with Crippen LogP contribution in [0.2, 0.25) is 0 Å². The first-order valence-corrected chi connectivity index (χ1v) is 7.42. The van der Waals surface area contributed by atoms with Crippen LogP contribution in [0.1, 0.15) is 49.7 Å². The molecule has 0 spiro atoms. The van der Waals surface area contributed by atoms with Crippen molar-refractivity contribution in [3.63, 3.8) is 0 Å². The summed E-state index contributed by atoms with van der Waals surface area (Å²) in [6.45, 7) is 2.23. The van der Waals surface area contributed by atoms with Crippen LogP contribution in [0, 0.1) is 0 Å². The van der Waals surface area contributed by atoms with Gasteiger partial charge in [-0.05, 0) is 42.4 Å². The lowest BCUT2D eigenvalue weighted by molar-refractivity contribution is 0.711. The normalized spacial score (nSPS) is 15.8. The van der Waals surface area contributed by atoms with Gasteiger partial charge >= 0.3 is 0 Å². The predicted octanol–water partition coefficient (Wildman–Crippen LogP) is 4.97. The molecular formula is C18H21N. The van der Waals surface area contributed by atoms with Gasteiger partial charge < -0.3 is 0 Å². The first kappa shape index (κ1) is 12.4. The Morgan fingerprint density at radius 2 is 1.84 bits per heavy atom. The maximum absolute atomic E-state index is 4.65. The highest BCUT2D eigenvalue weighted by molar-refractivity contribution is 5.60. The van der Waals surface area contributed by atoms with Crippen LogP contribution in [0.4, 0.5) is 0 Å². The third kappa shape index (κ3) is 2.56. The molecule has 1 aromatic heterocycles. The highest BCUT2D eigenvalue weighted by Crippen LogP contribution is 2.37. The van der Waals surface area contributed by atoms with Gasteiger partial charge in [-0.25, -0.2) is 0 Å². The minimum absolute atomic E-state index is 0.764. The molecule has 0 N–H and O–H groups in total. The topological polar surface area (TPSA) is 12.9 Å². The van der Waals surface area contributed by atoms with E-state index < -0.39 is 0 Å². The van der Waals surface area contributed by atoms with Gasteiger partial charge in [0.15, 0.2) is 0 Å². The Morgan fingerprint density at radius 1 is 1.11 bits per heavy atom. The summed E-state index contributed by atoms with van der Waals surface area (Å²) in [4.78, 5) is 4.65. The van der Waals surface area contributed by atoms with E-state index in [1.165, 1.54) is 36.8 Å². The van der Waals surface area contributed by atoms with Crippen LogP contribution < -0.4 is 0 Å². The molecule has 19 heavy (non-hydrogen) atoms. The number of benzene rings is 1. The fourth-order valence-electron chi connectivity index (χ4n) is 3.18. The molecule has 1 heterocycles. The maximum atomic E-state index is 4.65. The third-order valence-electron chi connectivity index (χ3n) is 4.27. The van der Waals surface area contributed by atoms with Crippen LogP contribution in [0.25, 0.3) is 11.3 Å². The molecule has 0 bridgehead atoms. The highest BCUT2D eigenvalue weighted by Gasteiger charge is 2.20. The molecule has 1 fully saturated rings. The van der Waals surface area contributed by atoms with Crippen molar-refractivity contribution < 1.29 is 0 Å². The smallest absolute Gasteiger partial charge is 0.0705 e. The van der Waals surface area contributed by atoms with Gasteiger partial charge in [0, 0.05) is 11.8 Å². The van der Waals surface area contributed by atoms with Crippen LogP contribution in [-0.2, 0) is 6.42 Å². The van der Waals surface area contributed by atoms with Crippen LogP contribution >= 0.6 is 0 Å². The van der Waals surface area contributed by atoms with Gasteiger partial charge in [-0.2, -0.15) is 0 Å². The largest absolute Gasteiger partial charge is 0.256 e. The number of hydrogen-bond donors (Lipinski definition) is 0. The van der Waals surface area contributed by atoms with E-state index in [2.05, 4.69) is 54.5 Å². The molecule has 3 rings (SSSR count). The summed E-state index contributed by atoms with van der Waals surface area (Å²) in [6.07, 6.45) is 8.66. The molecule has 0 unspecified atom stereocenters. The number of rotatable bonds is 3. The van der Waals surface area contributed by atoms with Gasteiger partial charge in [-0.3, -0.25) is 4.98 Å². The van der Waals surface area contributed by atoms with Gasteiger partial charge in [0.2, 0.25) is 0 Å². The molecule has 1 nitrogen and oxygen atoms in total. The summed E-state index contributed by atoms with van der Waals surface area (Å²) in [5.74, 6) is 0.764. The fraction of sp³-hybridized carbons (Fsp3) is 0.389. The monoisotopic (exact) mass is 251 g/mol. The van der Waals surface area contributed by atoms with Gasteiger partial charge in [0.05, 0.1) is 5.69 Å². The van der Waals surface area contributed by atoms with E-state index in [1.807, 2.05) is 0 Å². The standard InChI is InChI=1S/C18H21N/c1-2-14-13-19-18(16-10-4-3-5-11-16)12-17(14)15-8-6-7-9-15/h3-5,10-13,15H,2,6-9H2,1H3. The van der Waals surface area contributed by atoms with Crippen molar-refractivity contribution in [1.82, 2.24) is 4.98 Å². The second kappa shape index (κ2) is 5.56. The van der Waals surface area contributed by atoms with Gasteiger partial charge in [-0.15, -0.1) is 0 Å². The van der Waals surface area contributed by atoms with E-state index in [0.29, 0.717) is 0 Å². The first-order valence-electron chi connectivity index (χ1n) is 7.42.